The molecule has 0 aliphatic heterocycles. The normalized spacial score (nSPS) is 10.4. The van der Waals surface area contributed by atoms with Crippen molar-refractivity contribution in [3.05, 3.63) is 58.1 Å². The van der Waals surface area contributed by atoms with E-state index in [0.717, 1.165) is 12.2 Å². The Hall–Kier alpha value is -1.36. The Kier molecular flexibility index (Phi) is 6.00. The van der Waals surface area contributed by atoms with Crippen LogP contribution in [-0.2, 0) is 0 Å². The first-order valence-corrected chi connectivity index (χ1v) is 8.67. The Labute approximate surface area is 144 Å². The van der Waals surface area contributed by atoms with E-state index in [4.69, 9.17) is 23.2 Å². The molecule has 0 bridgehead atoms. The van der Waals surface area contributed by atoms with Crippen LogP contribution in [0.2, 0.25) is 10.0 Å². The largest absolute Gasteiger partial charge is 0.322 e. The Morgan fingerprint density at radius 1 is 1.23 bits per heavy atom. The Morgan fingerprint density at radius 2 is 2.00 bits per heavy atom. The van der Waals surface area contributed by atoms with Crippen LogP contribution in [0.15, 0.2) is 42.5 Å². The lowest BCUT2D eigenvalue weighted by atomic mass is 10.1. The first-order chi connectivity index (χ1) is 10.5. The summed E-state index contributed by atoms with van der Waals surface area (Å²) in [6.07, 6.45) is 1.99. The predicted octanol–water partition coefficient (Wildman–Crippen LogP) is 5.35. The number of carbonyl (C=O) groups is 1. The van der Waals surface area contributed by atoms with Crippen molar-refractivity contribution < 1.29 is 4.79 Å². The highest BCUT2D eigenvalue weighted by Gasteiger charge is 2.14. The summed E-state index contributed by atoms with van der Waals surface area (Å²) in [7, 11) is 0. The molecule has 2 aromatic rings. The van der Waals surface area contributed by atoms with Gasteiger partial charge in [0.2, 0.25) is 0 Å². The average molecular weight is 355 g/mol. The van der Waals surface area contributed by atoms with Crippen molar-refractivity contribution in [3.8, 4) is 0 Å². The number of hydrogen-bond donors (Lipinski definition) is 1. The molecule has 0 spiro atoms. The molecule has 0 heterocycles. The van der Waals surface area contributed by atoms with Crippen LogP contribution in [0.4, 0.5) is 11.4 Å². The molecule has 0 aliphatic carbocycles. The second-order valence-corrected chi connectivity index (χ2v) is 6.16. The van der Waals surface area contributed by atoms with Gasteiger partial charge in [-0.05, 0) is 43.3 Å². The monoisotopic (exact) mass is 354 g/mol. The van der Waals surface area contributed by atoms with Crippen LogP contribution in [0.25, 0.3) is 0 Å². The third-order valence-electron chi connectivity index (χ3n) is 3.07. The minimum absolute atomic E-state index is 0.258. The molecule has 0 saturated carbocycles. The van der Waals surface area contributed by atoms with Gasteiger partial charge >= 0.3 is 0 Å². The van der Waals surface area contributed by atoms with Crippen LogP contribution in [0, 0.1) is 0 Å². The number of halogens is 2. The van der Waals surface area contributed by atoms with Gasteiger partial charge in [-0.15, -0.1) is 0 Å². The zero-order valence-corrected chi connectivity index (χ0v) is 14.6. The number of anilines is 2. The quantitative estimate of drug-likeness (QED) is 0.734. The van der Waals surface area contributed by atoms with Crippen molar-refractivity contribution in [2.24, 2.45) is 0 Å². The summed E-state index contributed by atoms with van der Waals surface area (Å²) >= 11 is 13.7. The summed E-state index contributed by atoms with van der Waals surface area (Å²) < 4.78 is 2.08. The molecule has 3 nitrogen and oxygen atoms in total. The molecule has 22 heavy (non-hydrogen) atoms. The van der Waals surface area contributed by atoms with Crippen molar-refractivity contribution in [2.75, 3.05) is 22.4 Å². The molecule has 116 valence electrons. The topological polar surface area (TPSA) is 32.3 Å². The van der Waals surface area contributed by atoms with Crippen molar-refractivity contribution in [3.63, 3.8) is 0 Å². The van der Waals surface area contributed by atoms with E-state index in [1.54, 1.807) is 48.3 Å². The third kappa shape index (κ3) is 4.09. The molecule has 0 aromatic heterocycles. The molecule has 0 atom stereocenters. The van der Waals surface area contributed by atoms with Crippen molar-refractivity contribution in [1.29, 1.82) is 0 Å². The zero-order valence-electron chi connectivity index (χ0n) is 12.3. The summed E-state index contributed by atoms with van der Waals surface area (Å²) in [5.74, 6) is -0.258. The van der Waals surface area contributed by atoms with E-state index >= 15 is 0 Å². The predicted molar refractivity (Wildman–Crippen MR) is 97.4 cm³/mol. The van der Waals surface area contributed by atoms with Gasteiger partial charge in [0.1, 0.15) is 0 Å². The summed E-state index contributed by atoms with van der Waals surface area (Å²) in [5, 5.41) is 3.79. The maximum atomic E-state index is 12.4. The van der Waals surface area contributed by atoms with Gasteiger partial charge < -0.3 is 9.62 Å². The molecule has 6 heteroatoms. The van der Waals surface area contributed by atoms with E-state index < -0.39 is 0 Å². The van der Waals surface area contributed by atoms with Gasteiger partial charge in [-0.25, -0.2) is 0 Å². The van der Waals surface area contributed by atoms with Gasteiger partial charge in [0.05, 0.1) is 10.6 Å². The fourth-order valence-electron chi connectivity index (χ4n) is 2.02. The highest BCUT2D eigenvalue weighted by Crippen LogP contribution is 2.27. The summed E-state index contributed by atoms with van der Waals surface area (Å²) in [6, 6.07) is 12.4. The molecular formula is C16H16Cl2N2OS. The number of nitrogens with zero attached hydrogens (tertiary/aromatic N) is 1. The molecule has 0 saturated heterocycles. The highest BCUT2D eigenvalue weighted by atomic mass is 35.5. The van der Waals surface area contributed by atoms with Gasteiger partial charge in [-0.3, -0.25) is 4.79 Å². The lowest BCUT2D eigenvalue weighted by molar-refractivity contribution is 0.102. The second-order valence-electron chi connectivity index (χ2n) is 4.51. The summed E-state index contributed by atoms with van der Waals surface area (Å²) in [4.78, 5) is 12.4. The van der Waals surface area contributed by atoms with Crippen molar-refractivity contribution in [2.45, 2.75) is 6.92 Å². The van der Waals surface area contributed by atoms with Gasteiger partial charge in [0.25, 0.3) is 5.91 Å². The van der Waals surface area contributed by atoms with Crippen molar-refractivity contribution >= 4 is 52.4 Å². The highest BCUT2D eigenvalue weighted by molar-refractivity contribution is 7.99. The third-order valence-corrected chi connectivity index (χ3v) is 4.55. The first-order valence-electron chi connectivity index (χ1n) is 6.73. The maximum Gasteiger partial charge on any atom is 0.257 e. The second kappa shape index (κ2) is 7.77. The zero-order chi connectivity index (χ0) is 16.1. The maximum absolute atomic E-state index is 12.4. The summed E-state index contributed by atoms with van der Waals surface area (Å²) in [5.41, 5.74) is 2.01. The summed E-state index contributed by atoms with van der Waals surface area (Å²) in [6.45, 7) is 2.88. The molecule has 2 rings (SSSR count). The Bertz CT molecular complexity index is 675. The molecule has 2 aromatic carbocycles. The van der Waals surface area contributed by atoms with E-state index in [1.165, 1.54) is 0 Å². The minimum Gasteiger partial charge on any atom is -0.322 e. The van der Waals surface area contributed by atoms with Gasteiger partial charge in [-0.1, -0.05) is 41.2 Å². The first kappa shape index (κ1) is 17.0. The van der Waals surface area contributed by atoms with Gasteiger partial charge in [-0.2, -0.15) is 0 Å². The van der Waals surface area contributed by atoms with E-state index in [1.807, 2.05) is 12.3 Å². The van der Waals surface area contributed by atoms with E-state index in [2.05, 4.69) is 16.5 Å². The molecule has 0 unspecified atom stereocenters. The number of hydrogen-bond acceptors (Lipinski definition) is 3. The van der Waals surface area contributed by atoms with Crippen LogP contribution in [0.3, 0.4) is 0 Å². The van der Waals surface area contributed by atoms with Crippen molar-refractivity contribution in [1.82, 2.24) is 0 Å². The van der Waals surface area contributed by atoms with Gasteiger partial charge in [0, 0.05) is 29.2 Å². The lowest BCUT2D eigenvalue weighted by Crippen LogP contribution is -2.16. The molecule has 0 radical (unpaired) electrons. The molecule has 0 fully saturated rings. The van der Waals surface area contributed by atoms with Crippen LogP contribution in [0.5, 0.6) is 0 Å². The average Bonchev–Trinajstić information content (AvgIpc) is 2.50. The van der Waals surface area contributed by atoms with E-state index in [-0.39, 0.29) is 5.91 Å². The van der Waals surface area contributed by atoms with Crippen LogP contribution in [0.1, 0.15) is 17.3 Å². The standard InChI is InChI=1S/C16H16Cl2N2OS/c1-3-20(22-2)13-7-8-15(18)14(10-13)16(21)19-12-6-4-5-11(17)9-12/h4-10H,3H2,1-2H3,(H,19,21). The molecule has 1 amide bonds. The number of benzene rings is 2. The number of carbonyl (C=O) groups excluding carboxylic acids is 1. The van der Waals surface area contributed by atoms with Crippen LogP contribution < -0.4 is 9.62 Å². The van der Waals surface area contributed by atoms with Gasteiger partial charge in [0.15, 0.2) is 0 Å². The Morgan fingerprint density at radius 3 is 2.64 bits per heavy atom. The minimum atomic E-state index is -0.258. The van der Waals surface area contributed by atoms with E-state index in [0.29, 0.717) is 21.3 Å². The fourth-order valence-corrected chi connectivity index (χ4v) is 3.00. The van der Waals surface area contributed by atoms with Crippen LogP contribution >= 0.6 is 35.1 Å². The molecule has 1 N–H and O–H groups in total. The number of nitrogens with one attached hydrogen (secondary N) is 1. The van der Waals surface area contributed by atoms with E-state index in [9.17, 15) is 4.79 Å². The number of rotatable bonds is 5. The lowest BCUT2D eigenvalue weighted by Gasteiger charge is -2.20. The fraction of sp³-hybridized carbons (Fsp3) is 0.188. The smallest absolute Gasteiger partial charge is 0.257 e. The Balaban J connectivity index is 2.27. The van der Waals surface area contributed by atoms with Crippen LogP contribution in [-0.4, -0.2) is 18.7 Å². The SMILES string of the molecule is CCN(SC)c1ccc(Cl)c(C(=O)Nc2cccc(Cl)c2)c1. The number of amides is 1. The molecule has 0 aliphatic rings. The molecular weight excluding hydrogens is 339 g/mol.